The van der Waals surface area contributed by atoms with E-state index in [0.717, 1.165) is 22.3 Å². The summed E-state index contributed by atoms with van der Waals surface area (Å²) in [6.07, 6.45) is 0. The van der Waals surface area contributed by atoms with E-state index < -0.39 is 5.54 Å². The summed E-state index contributed by atoms with van der Waals surface area (Å²) >= 11 is 0. The van der Waals surface area contributed by atoms with Gasteiger partial charge >= 0.3 is 0 Å². The van der Waals surface area contributed by atoms with Crippen molar-refractivity contribution in [2.75, 3.05) is 0 Å². The van der Waals surface area contributed by atoms with Gasteiger partial charge in [0.25, 0.3) is 0 Å². The van der Waals surface area contributed by atoms with Crippen LogP contribution < -0.4 is 5.73 Å². The molecule has 0 amide bonds. The smallest absolute Gasteiger partial charge is 0.0928 e. The van der Waals surface area contributed by atoms with Crippen molar-refractivity contribution in [3.63, 3.8) is 0 Å². The number of halogens is 1. The Kier molecular flexibility index (Phi) is 5.49. The molecule has 0 heterocycles. The lowest BCUT2D eigenvalue weighted by Crippen LogP contribution is -2.39. The first-order valence-electron chi connectivity index (χ1n) is 8.85. The van der Waals surface area contributed by atoms with Gasteiger partial charge in [0.2, 0.25) is 0 Å². The van der Waals surface area contributed by atoms with Crippen molar-refractivity contribution in [1.82, 2.24) is 0 Å². The summed E-state index contributed by atoms with van der Waals surface area (Å²) in [6.45, 7) is 0. The monoisotopic (exact) mass is 355 g/mol. The minimum atomic E-state index is -0.727. The fraction of sp³-hybridized carbons (Fsp3) is 0.0400. The highest BCUT2D eigenvalue weighted by Crippen LogP contribution is 2.39. The third kappa shape index (κ3) is 3.40. The second kappa shape index (κ2) is 7.98. The van der Waals surface area contributed by atoms with E-state index >= 15 is 0 Å². The van der Waals surface area contributed by atoms with Gasteiger partial charge in [0.1, 0.15) is 0 Å². The van der Waals surface area contributed by atoms with Crippen LogP contribution in [-0.2, 0) is 5.54 Å². The first-order chi connectivity index (χ1) is 12.8. The maximum Gasteiger partial charge on any atom is 0.0928 e. The van der Waals surface area contributed by atoms with Crippen LogP contribution in [0.25, 0.3) is 11.1 Å². The normalized spacial score (nSPS) is 10.9. The molecule has 0 radical (unpaired) electrons. The average Bonchev–Trinajstić information content (AvgIpc) is 2.75. The van der Waals surface area contributed by atoms with Gasteiger partial charge in [0.05, 0.1) is 5.54 Å². The second-order valence-electron chi connectivity index (χ2n) is 6.45. The zero-order chi connectivity index (χ0) is 17.8. The van der Waals surface area contributed by atoms with Crippen molar-refractivity contribution in [3.05, 3.63) is 132 Å². The lowest BCUT2D eigenvalue weighted by molar-refractivity contribution is 0.654. The third-order valence-corrected chi connectivity index (χ3v) is 4.89. The highest BCUT2D eigenvalue weighted by atomic mass is 19.0. The van der Waals surface area contributed by atoms with E-state index in [1.54, 1.807) is 0 Å². The zero-order valence-corrected chi connectivity index (χ0v) is 15.0. The number of hydrogen-bond donors (Lipinski definition) is 1. The van der Waals surface area contributed by atoms with Gasteiger partial charge in [-0.3, -0.25) is 4.70 Å². The molecule has 0 fully saturated rings. The summed E-state index contributed by atoms with van der Waals surface area (Å²) in [6, 6.07) is 39.5. The lowest BCUT2D eigenvalue weighted by Gasteiger charge is -2.33. The molecular weight excluding hydrogens is 333 g/mol. The molecule has 27 heavy (non-hydrogen) atoms. The molecule has 0 spiro atoms. The van der Waals surface area contributed by atoms with E-state index in [1.165, 1.54) is 5.56 Å². The summed E-state index contributed by atoms with van der Waals surface area (Å²) in [4.78, 5) is 0. The fourth-order valence-corrected chi connectivity index (χ4v) is 3.58. The molecule has 0 bridgehead atoms. The molecule has 0 aliphatic rings. The van der Waals surface area contributed by atoms with Gasteiger partial charge in [-0.1, -0.05) is 115 Å². The SMILES string of the molecule is F.NC(c1ccccc1)(c1ccccc1)c1ccccc1-c1ccccc1. The van der Waals surface area contributed by atoms with Crippen LogP contribution in [0.5, 0.6) is 0 Å². The molecule has 2 heteroatoms. The molecule has 1 nitrogen and oxygen atoms in total. The van der Waals surface area contributed by atoms with Gasteiger partial charge in [-0.25, -0.2) is 0 Å². The van der Waals surface area contributed by atoms with Gasteiger partial charge < -0.3 is 5.73 Å². The van der Waals surface area contributed by atoms with Gasteiger partial charge in [0, 0.05) is 0 Å². The van der Waals surface area contributed by atoms with Crippen molar-refractivity contribution in [2.45, 2.75) is 5.54 Å². The molecule has 0 saturated heterocycles. The first-order valence-corrected chi connectivity index (χ1v) is 8.85. The first kappa shape index (κ1) is 18.6. The Bertz CT molecular complexity index is 943. The molecule has 4 rings (SSSR count). The van der Waals surface area contributed by atoms with E-state index in [1.807, 2.05) is 42.5 Å². The van der Waals surface area contributed by atoms with Crippen molar-refractivity contribution in [2.24, 2.45) is 5.73 Å². The lowest BCUT2D eigenvalue weighted by atomic mass is 9.75. The van der Waals surface area contributed by atoms with Gasteiger partial charge in [-0.15, -0.1) is 0 Å². The van der Waals surface area contributed by atoms with Gasteiger partial charge in [-0.2, -0.15) is 0 Å². The van der Waals surface area contributed by atoms with Crippen LogP contribution in [0.2, 0.25) is 0 Å². The summed E-state index contributed by atoms with van der Waals surface area (Å²) in [5.41, 5.74) is 12.1. The number of rotatable bonds is 4. The summed E-state index contributed by atoms with van der Waals surface area (Å²) in [5.74, 6) is 0. The van der Waals surface area contributed by atoms with Crippen LogP contribution in [-0.4, -0.2) is 0 Å². The molecule has 0 aliphatic heterocycles. The van der Waals surface area contributed by atoms with E-state index in [2.05, 4.69) is 72.8 Å². The van der Waals surface area contributed by atoms with E-state index in [0.29, 0.717) is 0 Å². The molecule has 0 atom stereocenters. The molecule has 4 aromatic carbocycles. The Morgan fingerprint density at radius 2 is 0.889 bits per heavy atom. The van der Waals surface area contributed by atoms with Gasteiger partial charge in [0.15, 0.2) is 0 Å². The fourth-order valence-electron chi connectivity index (χ4n) is 3.58. The van der Waals surface area contributed by atoms with Crippen LogP contribution >= 0.6 is 0 Å². The molecule has 0 aromatic heterocycles. The summed E-state index contributed by atoms with van der Waals surface area (Å²) < 4.78 is 0. The van der Waals surface area contributed by atoms with Crippen molar-refractivity contribution < 1.29 is 4.70 Å². The minimum Gasteiger partial charge on any atom is -0.314 e. The van der Waals surface area contributed by atoms with Crippen molar-refractivity contribution >= 4 is 0 Å². The minimum absolute atomic E-state index is 0. The highest BCUT2D eigenvalue weighted by molar-refractivity contribution is 5.71. The molecule has 0 unspecified atom stereocenters. The number of nitrogens with two attached hydrogens (primary N) is 1. The molecule has 0 saturated carbocycles. The Labute approximate surface area is 159 Å². The van der Waals surface area contributed by atoms with Crippen LogP contribution in [0.3, 0.4) is 0 Å². The van der Waals surface area contributed by atoms with Crippen LogP contribution in [0.4, 0.5) is 4.70 Å². The molecule has 2 N–H and O–H groups in total. The topological polar surface area (TPSA) is 26.0 Å². The number of benzene rings is 4. The van der Waals surface area contributed by atoms with Crippen LogP contribution in [0.15, 0.2) is 115 Å². The maximum atomic E-state index is 7.20. The zero-order valence-electron chi connectivity index (χ0n) is 15.0. The quantitative estimate of drug-likeness (QED) is 0.463. The Morgan fingerprint density at radius 3 is 1.41 bits per heavy atom. The third-order valence-electron chi connectivity index (χ3n) is 4.89. The molecule has 134 valence electrons. The Hall–Kier alpha value is -3.23. The molecular formula is C25H22FN. The molecule has 0 aliphatic carbocycles. The van der Waals surface area contributed by atoms with E-state index in [4.69, 9.17) is 5.73 Å². The summed E-state index contributed by atoms with van der Waals surface area (Å²) in [5, 5.41) is 0. The number of hydrogen-bond acceptors (Lipinski definition) is 1. The maximum absolute atomic E-state index is 7.20. The standard InChI is InChI=1S/C25H21N.FH/c26-25(21-14-6-2-7-15-21,22-16-8-3-9-17-22)24-19-11-10-18-23(24)20-12-4-1-5-13-20;/h1-19H,26H2;1H. The van der Waals surface area contributed by atoms with Crippen molar-refractivity contribution in [1.29, 1.82) is 0 Å². The van der Waals surface area contributed by atoms with Gasteiger partial charge in [-0.05, 0) is 27.8 Å². The van der Waals surface area contributed by atoms with Crippen molar-refractivity contribution in [3.8, 4) is 11.1 Å². The molecule has 4 aromatic rings. The largest absolute Gasteiger partial charge is 0.314 e. The second-order valence-corrected chi connectivity index (χ2v) is 6.45. The predicted octanol–water partition coefficient (Wildman–Crippen LogP) is 5.76. The highest BCUT2D eigenvalue weighted by Gasteiger charge is 2.33. The summed E-state index contributed by atoms with van der Waals surface area (Å²) in [7, 11) is 0. The van der Waals surface area contributed by atoms with E-state index in [9.17, 15) is 0 Å². The Morgan fingerprint density at radius 1 is 0.481 bits per heavy atom. The average molecular weight is 355 g/mol. The predicted molar refractivity (Wildman–Crippen MR) is 111 cm³/mol. The van der Waals surface area contributed by atoms with E-state index in [-0.39, 0.29) is 4.70 Å². The Balaban J connectivity index is 0.00000210. The van der Waals surface area contributed by atoms with Crippen LogP contribution in [0.1, 0.15) is 16.7 Å². The van der Waals surface area contributed by atoms with Crippen LogP contribution in [0, 0.1) is 0 Å².